The zero-order chi connectivity index (χ0) is 23.6. The number of hydrogen-bond acceptors (Lipinski definition) is 6. The Bertz CT molecular complexity index is 1070. The van der Waals surface area contributed by atoms with Crippen LogP contribution in [-0.4, -0.2) is 50.7 Å². The third kappa shape index (κ3) is 6.84. The van der Waals surface area contributed by atoms with Gasteiger partial charge in [0.2, 0.25) is 0 Å². The van der Waals surface area contributed by atoms with Crippen LogP contribution in [0, 0.1) is 0 Å². The molecule has 0 radical (unpaired) electrons. The first-order valence-electron chi connectivity index (χ1n) is 11.7. The first-order chi connectivity index (χ1) is 16.7. The summed E-state index contributed by atoms with van der Waals surface area (Å²) in [6.07, 6.45) is 8.16. The minimum Gasteiger partial charge on any atom is -0.375 e. The molecule has 178 valence electrons. The molecule has 8 heteroatoms. The van der Waals surface area contributed by atoms with Gasteiger partial charge in [0.05, 0.1) is 25.5 Å². The van der Waals surface area contributed by atoms with E-state index in [0.29, 0.717) is 25.8 Å². The van der Waals surface area contributed by atoms with Gasteiger partial charge in [0.1, 0.15) is 0 Å². The number of likely N-dealkylation sites (tertiary alicyclic amines) is 1. The van der Waals surface area contributed by atoms with E-state index >= 15 is 0 Å². The van der Waals surface area contributed by atoms with Crippen molar-refractivity contribution in [2.24, 2.45) is 0 Å². The average molecular weight is 462 g/mol. The Hall–Kier alpha value is -3.33. The number of nitrogens with one attached hydrogen (secondary N) is 1. The summed E-state index contributed by atoms with van der Waals surface area (Å²) in [4.78, 5) is 13.6. The van der Waals surface area contributed by atoms with Crippen molar-refractivity contribution in [1.29, 1.82) is 0 Å². The lowest BCUT2D eigenvalue weighted by Crippen LogP contribution is -2.25. The Morgan fingerprint density at radius 3 is 2.76 bits per heavy atom. The number of carbonyl (C=O) groups is 1. The minimum absolute atomic E-state index is 0.389. The van der Waals surface area contributed by atoms with Crippen molar-refractivity contribution in [3.8, 4) is 0 Å². The van der Waals surface area contributed by atoms with Crippen molar-refractivity contribution in [2.75, 3.05) is 19.7 Å². The molecule has 8 nitrogen and oxygen atoms in total. The van der Waals surface area contributed by atoms with Gasteiger partial charge in [0.25, 0.3) is 5.91 Å². The lowest BCUT2D eigenvalue weighted by molar-refractivity contribution is -0.124. The van der Waals surface area contributed by atoms with Crippen molar-refractivity contribution < 1.29 is 14.7 Å². The highest BCUT2D eigenvalue weighted by molar-refractivity contribution is 5.90. The molecule has 1 aromatic heterocycles. The first-order valence-corrected chi connectivity index (χ1v) is 11.7. The average Bonchev–Trinajstić information content (AvgIpc) is 3.54. The van der Waals surface area contributed by atoms with Gasteiger partial charge in [-0.3, -0.25) is 14.9 Å². The molecule has 0 unspecified atom stereocenters. The maximum Gasteiger partial charge on any atom is 0.267 e. The second-order valence-corrected chi connectivity index (χ2v) is 8.43. The number of nitrogens with zero attached hydrogens (tertiary/aromatic N) is 4. The Morgan fingerprint density at radius 2 is 1.97 bits per heavy atom. The van der Waals surface area contributed by atoms with Gasteiger partial charge >= 0.3 is 0 Å². The summed E-state index contributed by atoms with van der Waals surface area (Å²) in [5, 5.41) is 17.2. The standard InChI is InChI=1S/C26H31N5O3/c32-26(28-33)13-10-21-8-11-23(12-9-21)25-7-4-15-30(25)16-14-24-19-31(29-27-24)17-18-34-20-22-5-2-1-3-6-22/h1-3,5-6,8-13,19,25,33H,4,7,14-18,20H2,(H,28,32)/t25-/m0/s1. The van der Waals surface area contributed by atoms with Gasteiger partial charge in [-0.05, 0) is 42.2 Å². The third-order valence-electron chi connectivity index (χ3n) is 6.04. The zero-order valence-electron chi connectivity index (χ0n) is 19.2. The molecule has 1 atom stereocenters. The lowest BCUT2D eigenvalue weighted by atomic mass is 10.0. The number of hydroxylamine groups is 1. The Labute approximate surface area is 199 Å². The van der Waals surface area contributed by atoms with Crippen molar-refractivity contribution in [3.05, 3.63) is 89.3 Å². The number of aromatic nitrogens is 3. The van der Waals surface area contributed by atoms with E-state index in [1.54, 1.807) is 11.6 Å². The van der Waals surface area contributed by atoms with Crippen LogP contribution in [0.25, 0.3) is 6.08 Å². The summed E-state index contributed by atoms with van der Waals surface area (Å²) in [6, 6.07) is 18.8. The normalized spacial score (nSPS) is 16.3. The quantitative estimate of drug-likeness (QED) is 0.197. The van der Waals surface area contributed by atoms with E-state index in [2.05, 4.69) is 39.5 Å². The Balaban J connectivity index is 1.23. The molecule has 2 heterocycles. The van der Waals surface area contributed by atoms with Crippen LogP contribution in [0.1, 0.15) is 41.3 Å². The van der Waals surface area contributed by atoms with Crippen LogP contribution in [-0.2, 0) is 29.1 Å². The molecule has 4 rings (SSSR count). The van der Waals surface area contributed by atoms with Crippen molar-refractivity contribution in [3.63, 3.8) is 0 Å². The van der Waals surface area contributed by atoms with Crippen LogP contribution in [0.15, 0.2) is 66.9 Å². The van der Waals surface area contributed by atoms with E-state index in [0.717, 1.165) is 37.2 Å². The number of rotatable bonds is 11. The van der Waals surface area contributed by atoms with Crippen LogP contribution >= 0.6 is 0 Å². The molecular formula is C26H31N5O3. The van der Waals surface area contributed by atoms with Gasteiger partial charge < -0.3 is 4.74 Å². The minimum atomic E-state index is -0.539. The Morgan fingerprint density at radius 1 is 1.15 bits per heavy atom. The number of amides is 1. The summed E-state index contributed by atoms with van der Waals surface area (Å²) in [7, 11) is 0. The molecule has 0 spiro atoms. The summed E-state index contributed by atoms with van der Waals surface area (Å²) >= 11 is 0. The fourth-order valence-corrected chi connectivity index (χ4v) is 4.25. The molecule has 3 aromatic rings. The molecule has 2 N–H and O–H groups in total. The second kappa shape index (κ2) is 12.2. The van der Waals surface area contributed by atoms with E-state index in [9.17, 15) is 4.79 Å². The highest BCUT2D eigenvalue weighted by atomic mass is 16.5. The molecule has 2 aromatic carbocycles. The molecule has 0 bridgehead atoms. The molecule has 1 saturated heterocycles. The topological polar surface area (TPSA) is 92.5 Å². The monoisotopic (exact) mass is 461 g/mol. The lowest BCUT2D eigenvalue weighted by Gasteiger charge is -2.24. The number of ether oxygens (including phenoxy) is 1. The van der Waals surface area contributed by atoms with Crippen molar-refractivity contribution >= 4 is 12.0 Å². The highest BCUT2D eigenvalue weighted by Crippen LogP contribution is 2.32. The molecule has 34 heavy (non-hydrogen) atoms. The second-order valence-electron chi connectivity index (χ2n) is 8.43. The van der Waals surface area contributed by atoms with Crippen LogP contribution < -0.4 is 5.48 Å². The molecule has 1 fully saturated rings. The van der Waals surface area contributed by atoms with Crippen LogP contribution in [0.4, 0.5) is 0 Å². The fourth-order valence-electron chi connectivity index (χ4n) is 4.25. The molecular weight excluding hydrogens is 430 g/mol. The summed E-state index contributed by atoms with van der Waals surface area (Å²) in [5.74, 6) is -0.539. The first kappa shape index (κ1) is 23.8. The van der Waals surface area contributed by atoms with Gasteiger partial charge in [-0.25, -0.2) is 10.2 Å². The summed E-state index contributed by atoms with van der Waals surface area (Å²) < 4.78 is 7.60. The maximum absolute atomic E-state index is 11.1. The van der Waals surface area contributed by atoms with E-state index in [1.165, 1.54) is 23.6 Å². The van der Waals surface area contributed by atoms with E-state index < -0.39 is 5.91 Å². The number of benzene rings is 2. The molecule has 1 amide bonds. The third-order valence-corrected chi connectivity index (χ3v) is 6.04. The Kier molecular flexibility index (Phi) is 8.56. The van der Waals surface area contributed by atoms with Crippen LogP contribution in [0.2, 0.25) is 0 Å². The van der Waals surface area contributed by atoms with Crippen LogP contribution in [0.5, 0.6) is 0 Å². The van der Waals surface area contributed by atoms with E-state index in [1.807, 2.05) is 41.2 Å². The van der Waals surface area contributed by atoms with Gasteiger partial charge in [-0.15, -0.1) is 5.10 Å². The molecule has 1 aliphatic rings. The summed E-state index contributed by atoms with van der Waals surface area (Å²) in [5.41, 5.74) is 5.96. The van der Waals surface area contributed by atoms with Gasteiger partial charge in [-0.2, -0.15) is 0 Å². The predicted octanol–water partition coefficient (Wildman–Crippen LogP) is 3.39. The van der Waals surface area contributed by atoms with Crippen LogP contribution in [0.3, 0.4) is 0 Å². The van der Waals surface area contributed by atoms with Gasteiger partial charge in [-0.1, -0.05) is 59.8 Å². The van der Waals surface area contributed by atoms with E-state index in [-0.39, 0.29) is 0 Å². The highest BCUT2D eigenvalue weighted by Gasteiger charge is 2.25. The molecule has 0 saturated carbocycles. The number of carbonyl (C=O) groups excluding carboxylic acids is 1. The summed E-state index contributed by atoms with van der Waals surface area (Å²) in [6.45, 7) is 3.90. The van der Waals surface area contributed by atoms with Gasteiger partial charge in [0.15, 0.2) is 0 Å². The SMILES string of the molecule is O=C(C=Cc1ccc([C@@H]2CCCN2CCc2cn(CCOCc3ccccc3)nn2)cc1)NO. The van der Waals surface area contributed by atoms with E-state index in [4.69, 9.17) is 9.94 Å². The zero-order valence-corrected chi connectivity index (χ0v) is 19.2. The fraction of sp³-hybridized carbons (Fsp3) is 0.346. The molecule has 0 aliphatic carbocycles. The smallest absolute Gasteiger partial charge is 0.267 e. The van der Waals surface area contributed by atoms with Crippen molar-refractivity contribution in [2.45, 2.75) is 38.5 Å². The molecule has 1 aliphatic heterocycles. The van der Waals surface area contributed by atoms with Crippen molar-refractivity contribution in [1.82, 2.24) is 25.4 Å². The predicted molar refractivity (Wildman–Crippen MR) is 129 cm³/mol. The maximum atomic E-state index is 11.1. The van der Waals surface area contributed by atoms with Gasteiger partial charge in [0, 0.05) is 31.3 Å². The largest absolute Gasteiger partial charge is 0.375 e. The number of hydrogen-bond donors (Lipinski definition) is 2.